The molecule has 1 amide bonds. The highest BCUT2D eigenvalue weighted by molar-refractivity contribution is 5.79. The van der Waals surface area contributed by atoms with Crippen LogP contribution in [0.1, 0.15) is 18.4 Å². The third-order valence-electron chi connectivity index (χ3n) is 6.09. The standard InChI is InChI=1S/C22H29FN6O/c1-27-10-12-29(13-11-27)21-20(15-24-16-26-21)28-8-6-17(7-9-28)22(30)25-14-18-4-2-3-5-19(18)23/h2-5,15-17H,6-14H2,1H3,(H,25,30). The summed E-state index contributed by atoms with van der Waals surface area (Å²) in [6.45, 7) is 5.75. The minimum absolute atomic E-state index is 0.00139. The van der Waals surface area contributed by atoms with Crippen molar-refractivity contribution in [3.05, 3.63) is 48.2 Å². The van der Waals surface area contributed by atoms with Crippen molar-refractivity contribution in [1.82, 2.24) is 20.2 Å². The van der Waals surface area contributed by atoms with Crippen molar-refractivity contribution in [2.45, 2.75) is 19.4 Å². The lowest BCUT2D eigenvalue weighted by molar-refractivity contribution is -0.125. The van der Waals surface area contributed by atoms with E-state index >= 15 is 0 Å². The van der Waals surface area contributed by atoms with Gasteiger partial charge in [0.15, 0.2) is 5.82 Å². The summed E-state index contributed by atoms with van der Waals surface area (Å²) in [6.07, 6.45) is 5.03. The summed E-state index contributed by atoms with van der Waals surface area (Å²) in [5.41, 5.74) is 1.56. The number of piperidine rings is 1. The number of piperazine rings is 1. The fourth-order valence-electron chi connectivity index (χ4n) is 4.15. The molecule has 160 valence electrons. The Labute approximate surface area is 176 Å². The van der Waals surface area contributed by atoms with Crippen LogP contribution in [-0.2, 0) is 11.3 Å². The molecule has 4 rings (SSSR count). The van der Waals surface area contributed by atoms with Gasteiger partial charge in [0.25, 0.3) is 0 Å². The third-order valence-corrected chi connectivity index (χ3v) is 6.09. The number of rotatable bonds is 5. The Morgan fingerprint density at radius 1 is 1.10 bits per heavy atom. The van der Waals surface area contributed by atoms with Crippen LogP contribution in [0.15, 0.2) is 36.8 Å². The predicted molar refractivity (Wildman–Crippen MR) is 115 cm³/mol. The van der Waals surface area contributed by atoms with Gasteiger partial charge in [-0.2, -0.15) is 0 Å². The molecule has 7 nitrogen and oxygen atoms in total. The number of amides is 1. The van der Waals surface area contributed by atoms with Crippen molar-refractivity contribution in [1.29, 1.82) is 0 Å². The molecule has 8 heteroatoms. The van der Waals surface area contributed by atoms with E-state index < -0.39 is 0 Å². The normalized spacial score (nSPS) is 18.5. The van der Waals surface area contributed by atoms with Crippen molar-refractivity contribution in [3.63, 3.8) is 0 Å². The molecule has 1 aromatic carbocycles. The van der Waals surface area contributed by atoms with E-state index in [1.165, 1.54) is 6.07 Å². The highest BCUT2D eigenvalue weighted by Gasteiger charge is 2.28. The number of nitrogens with zero attached hydrogens (tertiary/aromatic N) is 5. The number of carbonyl (C=O) groups is 1. The van der Waals surface area contributed by atoms with E-state index in [1.54, 1.807) is 24.5 Å². The molecule has 0 aliphatic carbocycles. The van der Waals surface area contributed by atoms with Crippen LogP contribution >= 0.6 is 0 Å². The second-order valence-corrected chi connectivity index (χ2v) is 8.09. The number of anilines is 2. The molecule has 0 saturated carbocycles. The van der Waals surface area contributed by atoms with Crippen molar-refractivity contribution >= 4 is 17.4 Å². The van der Waals surface area contributed by atoms with E-state index in [0.29, 0.717) is 5.56 Å². The van der Waals surface area contributed by atoms with Gasteiger partial charge in [-0.1, -0.05) is 18.2 Å². The first kappa shape index (κ1) is 20.5. The van der Waals surface area contributed by atoms with Crippen LogP contribution in [0.25, 0.3) is 0 Å². The van der Waals surface area contributed by atoms with Gasteiger partial charge in [-0.15, -0.1) is 0 Å². The van der Waals surface area contributed by atoms with E-state index in [-0.39, 0.29) is 24.2 Å². The largest absolute Gasteiger partial charge is 0.367 e. The van der Waals surface area contributed by atoms with E-state index in [1.807, 2.05) is 6.20 Å². The monoisotopic (exact) mass is 412 g/mol. The van der Waals surface area contributed by atoms with Crippen LogP contribution in [0.4, 0.5) is 15.9 Å². The zero-order valence-electron chi connectivity index (χ0n) is 17.4. The van der Waals surface area contributed by atoms with Crippen LogP contribution in [0, 0.1) is 11.7 Å². The Morgan fingerprint density at radius 3 is 2.57 bits per heavy atom. The molecule has 0 bridgehead atoms. The van der Waals surface area contributed by atoms with Crippen LogP contribution in [0.3, 0.4) is 0 Å². The molecule has 0 radical (unpaired) electrons. The molecule has 0 spiro atoms. The molecule has 2 fully saturated rings. The lowest BCUT2D eigenvalue weighted by atomic mass is 9.95. The molecule has 30 heavy (non-hydrogen) atoms. The smallest absolute Gasteiger partial charge is 0.223 e. The second kappa shape index (κ2) is 9.38. The first-order valence-corrected chi connectivity index (χ1v) is 10.6. The second-order valence-electron chi connectivity index (χ2n) is 8.09. The van der Waals surface area contributed by atoms with E-state index in [4.69, 9.17) is 0 Å². The Morgan fingerprint density at radius 2 is 1.83 bits per heavy atom. The van der Waals surface area contributed by atoms with Gasteiger partial charge in [0.2, 0.25) is 5.91 Å². The van der Waals surface area contributed by atoms with E-state index in [2.05, 4.69) is 37.0 Å². The molecule has 0 atom stereocenters. The van der Waals surface area contributed by atoms with Gasteiger partial charge >= 0.3 is 0 Å². The molecule has 1 N–H and O–H groups in total. The summed E-state index contributed by atoms with van der Waals surface area (Å²) in [7, 11) is 2.14. The summed E-state index contributed by atoms with van der Waals surface area (Å²) >= 11 is 0. The van der Waals surface area contributed by atoms with Gasteiger partial charge in [0.05, 0.1) is 11.9 Å². The van der Waals surface area contributed by atoms with Gasteiger partial charge < -0.3 is 20.0 Å². The summed E-state index contributed by atoms with van der Waals surface area (Å²) in [5.74, 6) is 0.653. The molecular formula is C22H29FN6O. The molecule has 2 aliphatic heterocycles. The number of hydrogen-bond donors (Lipinski definition) is 1. The Hall–Kier alpha value is -2.74. The average molecular weight is 413 g/mol. The molecule has 0 unspecified atom stereocenters. The summed E-state index contributed by atoms with van der Waals surface area (Å²) in [6, 6.07) is 6.55. The van der Waals surface area contributed by atoms with E-state index in [9.17, 15) is 9.18 Å². The molecule has 2 aromatic rings. The maximum atomic E-state index is 13.8. The number of halogens is 1. The van der Waals surface area contributed by atoms with Gasteiger partial charge in [-0.25, -0.2) is 14.4 Å². The highest BCUT2D eigenvalue weighted by Crippen LogP contribution is 2.30. The first-order chi connectivity index (χ1) is 14.6. The Bertz CT molecular complexity index is 862. The zero-order valence-corrected chi connectivity index (χ0v) is 17.4. The quantitative estimate of drug-likeness (QED) is 0.809. The summed E-state index contributed by atoms with van der Waals surface area (Å²) in [5, 5.41) is 2.90. The highest BCUT2D eigenvalue weighted by atomic mass is 19.1. The first-order valence-electron chi connectivity index (χ1n) is 10.6. The summed E-state index contributed by atoms with van der Waals surface area (Å²) < 4.78 is 13.8. The topological polar surface area (TPSA) is 64.6 Å². The van der Waals surface area contributed by atoms with Crippen molar-refractivity contribution < 1.29 is 9.18 Å². The molecule has 2 saturated heterocycles. The third kappa shape index (κ3) is 4.70. The minimum atomic E-state index is -0.284. The molecule has 1 aromatic heterocycles. The van der Waals surface area contributed by atoms with Crippen molar-refractivity contribution in [3.8, 4) is 0 Å². The minimum Gasteiger partial charge on any atom is -0.367 e. The maximum Gasteiger partial charge on any atom is 0.223 e. The fourth-order valence-corrected chi connectivity index (χ4v) is 4.15. The molecule has 3 heterocycles. The summed E-state index contributed by atoms with van der Waals surface area (Å²) in [4.78, 5) is 28.3. The molecule has 2 aliphatic rings. The number of hydrogen-bond acceptors (Lipinski definition) is 6. The van der Waals surface area contributed by atoms with Crippen LogP contribution in [0.2, 0.25) is 0 Å². The van der Waals surface area contributed by atoms with Gasteiger partial charge in [-0.05, 0) is 26.0 Å². The number of carbonyl (C=O) groups excluding carboxylic acids is 1. The molecular weight excluding hydrogens is 383 g/mol. The lowest BCUT2D eigenvalue weighted by Crippen LogP contribution is -2.46. The number of nitrogens with one attached hydrogen (secondary N) is 1. The zero-order chi connectivity index (χ0) is 20.9. The van der Waals surface area contributed by atoms with Crippen molar-refractivity contribution in [2.24, 2.45) is 5.92 Å². The van der Waals surface area contributed by atoms with E-state index in [0.717, 1.165) is 63.6 Å². The lowest BCUT2D eigenvalue weighted by Gasteiger charge is -2.38. The SMILES string of the molecule is CN1CCN(c2ncncc2N2CCC(C(=O)NCc3ccccc3F)CC2)CC1. The van der Waals surface area contributed by atoms with Crippen LogP contribution < -0.4 is 15.1 Å². The number of likely N-dealkylation sites (N-methyl/N-ethyl adjacent to an activating group) is 1. The van der Waals surface area contributed by atoms with Gasteiger partial charge in [0.1, 0.15) is 12.1 Å². The Kier molecular flexibility index (Phi) is 6.42. The van der Waals surface area contributed by atoms with Gasteiger partial charge in [-0.3, -0.25) is 4.79 Å². The predicted octanol–water partition coefficient (Wildman–Crippen LogP) is 1.90. The number of benzene rings is 1. The number of aromatic nitrogens is 2. The van der Waals surface area contributed by atoms with Crippen molar-refractivity contribution in [2.75, 3.05) is 56.1 Å². The average Bonchev–Trinajstić information content (AvgIpc) is 2.79. The van der Waals surface area contributed by atoms with Crippen LogP contribution in [0.5, 0.6) is 0 Å². The van der Waals surface area contributed by atoms with Crippen LogP contribution in [-0.4, -0.2) is 67.1 Å². The van der Waals surface area contributed by atoms with Gasteiger partial charge in [0, 0.05) is 57.3 Å². The Balaban J connectivity index is 1.33. The maximum absolute atomic E-state index is 13.8. The fraction of sp³-hybridized carbons (Fsp3) is 0.500.